The maximum atomic E-state index is 9.94. The zero-order valence-electron chi connectivity index (χ0n) is 12.0. The van der Waals surface area contributed by atoms with Gasteiger partial charge in [-0.15, -0.1) is 0 Å². The van der Waals surface area contributed by atoms with Crippen molar-refractivity contribution in [3.63, 3.8) is 0 Å². The van der Waals surface area contributed by atoms with Gasteiger partial charge in [-0.05, 0) is 0 Å². The van der Waals surface area contributed by atoms with Gasteiger partial charge in [0.2, 0.25) is 0 Å². The highest BCUT2D eigenvalue weighted by atomic mass is 16.7. The quantitative estimate of drug-likeness (QED) is 0.243. The van der Waals surface area contributed by atoms with Crippen molar-refractivity contribution in [1.29, 1.82) is 0 Å². The molecule has 11 nitrogen and oxygen atoms in total. The van der Waals surface area contributed by atoms with Crippen LogP contribution >= 0.6 is 0 Å². The lowest BCUT2D eigenvalue weighted by Gasteiger charge is -2.45. The molecule has 1 unspecified atom stereocenters. The maximum Gasteiger partial charge on any atom is 0.187 e. The van der Waals surface area contributed by atoms with Crippen molar-refractivity contribution >= 4 is 0 Å². The van der Waals surface area contributed by atoms with Gasteiger partial charge in [-0.2, -0.15) is 0 Å². The summed E-state index contributed by atoms with van der Waals surface area (Å²) in [4.78, 5) is 0. The lowest BCUT2D eigenvalue weighted by atomic mass is 9.97. The first kappa shape index (κ1) is 18.9. The fourth-order valence-electron chi connectivity index (χ4n) is 2.57. The van der Waals surface area contributed by atoms with Crippen molar-refractivity contribution in [1.82, 2.24) is 0 Å². The minimum Gasteiger partial charge on any atom is -0.394 e. The smallest absolute Gasteiger partial charge is 0.187 e. The normalized spacial score (nSPS) is 51.7. The molecule has 2 saturated heterocycles. The molecule has 2 rings (SSSR count). The molecule has 2 heterocycles. The Balaban J connectivity index is 2.11. The Bertz CT molecular complexity index is 378. The molecule has 0 aromatic heterocycles. The van der Waals surface area contributed by atoms with Crippen LogP contribution in [-0.2, 0) is 14.2 Å². The average Bonchev–Trinajstić information content (AvgIpc) is 2.55. The van der Waals surface area contributed by atoms with E-state index in [1.165, 1.54) is 0 Å². The average molecular weight is 342 g/mol. The van der Waals surface area contributed by atoms with E-state index in [9.17, 15) is 35.7 Å². The zero-order chi connectivity index (χ0) is 17.3. The Morgan fingerprint density at radius 3 is 1.83 bits per heavy atom. The summed E-state index contributed by atoms with van der Waals surface area (Å²) < 4.78 is 15.3. The van der Waals surface area contributed by atoms with E-state index in [-0.39, 0.29) is 0 Å². The van der Waals surface area contributed by atoms with E-state index in [0.29, 0.717) is 0 Å². The maximum absolute atomic E-state index is 9.94. The molecule has 23 heavy (non-hydrogen) atoms. The molecule has 0 amide bonds. The largest absolute Gasteiger partial charge is 0.394 e. The number of aliphatic hydroxyl groups excluding tert-OH is 8. The molecule has 136 valence electrons. The summed E-state index contributed by atoms with van der Waals surface area (Å²) in [5.74, 6) is 0. The van der Waals surface area contributed by atoms with E-state index in [1.54, 1.807) is 0 Å². The SMILES string of the molecule is OC[C@@H]1O[C@@H](O[C@H]2[C@H](O)[C@@H](O)C(O)O[C@@H]2CO)[C@H](O)[C@H](O)[C@H]1O. The summed E-state index contributed by atoms with van der Waals surface area (Å²) >= 11 is 0. The molecule has 0 spiro atoms. The first-order valence-corrected chi connectivity index (χ1v) is 7.08. The highest BCUT2D eigenvalue weighted by Gasteiger charge is 2.50. The minimum atomic E-state index is -1.74. The second-order valence-corrected chi connectivity index (χ2v) is 5.53. The third-order valence-corrected chi connectivity index (χ3v) is 3.98. The van der Waals surface area contributed by atoms with Crippen molar-refractivity contribution in [2.75, 3.05) is 13.2 Å². The monoisotopic (exact) mass is 342 g/mol. The topological polar surface area (TPSA) is 190 Å². The lowest BCUT2D eigenvalue weighted by Crippen LogP contribution is -2.64. The van der Waals surface area contributed by atoms with Gasteiger partial charge in [-0.3, -0.25) is 0 Å². The van der Waals surface area contributed by atoms with Gasteiger partial charge >= 0.3 is 0 Å². The molecule has 0 bridgehead atoms. The van der Waals surface area contributed by atoms with Crippen LogP contribution in [0, 0.1) is 0 Å². The van der Waals surface area contributed by atoms with E-state index < -0.39 is 74.6 Å². The summed E-state index contributed by atoms with van der Waals surface area (Å²) in [5.41, 5.74) is 0. The third-order valence-electron chi connectivity index (χ3n) is 3.98. The number of ether oxygens (including phenoxy) is 3. The molecule has 2 aliphatic heterocycles. The van der Waals surface area contributed by atoms with Crippen LogP contribution in [-0.4, -0.2) is 115 Å². The van der Waals surface area contributed by atoms with Crippen molar-refractivity contribution in [2.45, 2.75) is 61.4 Å². The summed E-state index contributed by atoms with van der Waals surface area (Å²) in [7, 11) is 0. The highest BCUT2D eigenvalue weighted by molar-refractivity contribution is 4.93. The Hall–Kier alpha value is -0.440. The van der Waals surface area contributed by atoms with Gasteiger partial charge in [-0.25, -0.2) is 0 Å². The standard InChI is InChI=1S/C12H22O11/c13-1-3-5(15)6(16)9(19)12(22-3)23-10-4(2-14)21-11(20)8(18)7(10)17/h3-20H,1-2H2/t3-,4+,5-,6+,7+,8+,9+,10+,11?,12-/m0/s1. The summed E-state index contributed by atoms with van der Waals surface area (Å²) in [5, 5.41) is 76.5. The molecule has 0 aliphatic carbocycles. The summed E-state index contributed by atoms with van der Waals surface area (Å²) in [6, 6.07) is 0. The fourth-order valence-corrected chi connectivity index (χ4v) is 2.57. The van der Waals surface area contributed by atoms with E-state index >= 15 is 0 Å². The molecule has 0 radical (unpaired) electrons. The molecule has 2 aliphatic rings. The number of rotatable bonds is 4. The molecule has 8 N–H and O–H groups in total. The zero-order valence-corrected chi connectivity index (χ0v) is 12.0. The second kappa shape index (κ2) is 7.63. The fraction of sp³-hybridized carbons (Fsp3) is 1.00. The van der Waals surface area contributed by atoms with Crippen LogP contribution < -0.4 is 0 Å². The van der Waals surface area contributed by atoms with Gasteiger partial charge in [-0.1, -0.05) is 0 Å². The van der Waals surface area contributed by atoms with E-state index in [4.69, 9.17) is 19.3 Å². The van der Waals surface area contributed by atoms with Crippen LogP contribution in [0.15, 0.2) is 0 Å². The van der Waals surface area contributed by atoms with Crippen molar-refractivity contribution in [2.24, 2.45) is 0 Å². The summed E-state index contributed by atoms with van der Waals surface area (Å²) in [6.07, 6.45) is -15.6. The van der Waals surface area contributed by atoms with Crippen molar-refractivity contribution < 1.29 is 55.1 Å². The first-order valence-electron chi connectivity index (χ1n) is 7.08. The number of hydrogen-bond donors (Lipinski definition) is 8. The molecule has 10 atom stereocenters. The van der Waals surface area contributed by atoms with E-state index in [1.807, 2.05) is 0 Å². The van der Waals surface area contributed by atoms with Crippen LogP contribution in [0.4, 0.5) is 0 Å². The highest BCUT2D eigenvalue weighted by Crippen LogP contribution is 2.28. The first-order chi connectivity index (χ1) is 10.8. The van der Waals surface area contributed by atoms with Gasteiger partial charge < -0.3 is 55.1 Å². The molecular weight excluding hydrogens is 320 g/mol. The lowest BCUT2D eigenvalue weighted by molar-refractivity contribution is -0.355. The minimum absolute atomic E-state index is 0.667. The Morgan fingerprint density at radius 1 is 0.652 bits per heavy atom. The molecule has 0 aromatic rings. The predicted molar refractivity (Wildman–Crippen MR) is 68.6 cm³/mol. The van der Waals surface area contributed by atoms with Gasteiger partial charge in [0.15, 0.2) is 12.6 Å². The molecule has 2 fully saturated rings. The number of hydrogen-bond acceptors (Lipinski definition) is 11. The number of aliphatic hydroxyl groups is 8. The van der Waals surface area contributed by atoms with E-state index in [2.05, 4.69) is 0 Å². The molecule has 0 saturated carbocycles. The second-order valence-electron chi connectivity index (χ2n) is 5.53. The third kappa shape index (κ3) is 3.65. The Labute approximate surface area is 130 Å². The van der Waals surface area contributed by atoms with Crippen molar-refractivity contribution in [3.05, 3.63) is 0 Å². The summed E-state index contributed by atoms with van der Waals surface area (Å²) in [6.45, 7) is -1.35. The Kier molecular flexibility index (Phi) is 6.27. The van der Waals surface area contributed by atoms with Crippen LogP contribution in [0.25, 0.3) is 0 Å². The van der Waals surface area contributed by atoms with Gasteiger partial charge in [0.25, 0.3) is 0 Å². The van der Waals surface area contributed by atoms with Gasteiger partial charge in [0.05, 0.1) is 13.2 Å². The van der Waals surface area contributed by atoms with Crippen LogP contribution in [0.3, 0.4) is 0 Å². The van der Waals surface area contributed by atoms with Crippen LogP contribution in [0.2, 0.25) is 0 Å². The molecule has 11 heteroatoms. The van der Waals surface area contributed by atoms with Crippen LogP contribution in [0.1, 0.15) is 0 Å². The van der Waals surface area contributed by atoms with Crippen molar-refractivity contribution in [3.8, 4) is 0 Å². The Morgan fingerprint density at radius 2 is 1.26 bits per heavy atom. The van der Waals surface area contributed by atoms with Crippen LogP contribution in [0.5, 0.6) is 0 Å². The van der Waals surface area contributed by atoms with Gasteiger partial charge in [0.1, 0.15) is 48.8 Å². The molecular formula is C12H22O11. The predicted octanol–water partition coefficient (Wildman–Crippen LogP) is -5.40. The van der Waals surface area contributed by atoms with E-state index in [0.717, 1.165) is 0 Å². The molecule has 0 aromatic carbocycles. The van der Waals surface area contributed by atoms with Gasteiger partial charge in [0, 0.05) is 0 Å².